The van der Waals surface area contributed by atoms with Gasteiger partial charge in [0.2, 0.25) is 17.6 Å². The van der Waals surface area contributed by atoms with Gasteiger partial charge >= 0.3 is 12.0 Å². The molecule has 49 heavy (non-hydrogen) atoms. The average Bonchev–Trinajstić information content (AvgIpc) is 3.50. The molecule has 284 valence electrons. The van der Waals surface area contributed by atoms with Crippen LogP contribution in [0.2, 0.25) is 0 Å². The summed E-state index contributed by atoms with van der Waals surface area (Å²) in [7, 11) is 0. The van der Waals surface area contributed by atoms with Crippen LogP contribution in [0.25, 0.3) is 0 Å². The molecule has 0 radical (unpaired) electrons. The van der Waals surface area contributed by atoms with E-state index in [2.05, 4.69) is 62.8 Å². The predicted octanol–water partition coefficient (Wildman–Crippen LogP) is 5.27. The second kappa shape index (κ2) is 24.1. The van der Waals surface area contributed by atoms with Gasteiger partial charge in [-0.2, -0.15) is 0 Å². The van der Waals surface area contributed by atoms with Crippen LogP contribution in [-0.4, -0.2) is 83.8 Å². The van der Waals surface area contributed by atoms with E-state index in [1.54, 1.807) is 27.7 Å². The van der Waals surface area contributed by atoms with E-state index in [9.17, 15) is 28.8 Å². The smallest absolute Gasteiger partial charge is 0.325 e. The van der Waals surface area contributed by atoms with Crippen LogP contribution in [0.3, 0.4) is 0 Å². The van der Waals surface area contributed by atoms with Crippen molar-refractivity contribution in [2.45, 2.75) is 164 Å². The van der Waals surface area contributed by atoms with E-state index in [0.29, 0.717) is 38.8 Å². The van der Waals surface area contributed by atoms with Crippen molar-refractivity contribution in [2.24, 2.45) is 17.8 Å². The highest BCUT2D eigenvalue weighted by Gasteiger charge is 2.41. The van der Waals surface area contributed by atoms with Crippen LogP contribution in [0.1, 0.15) is 140 Å². The minimum Gasteiger partial charge on any atom is -0.459 e. The molecule has 1 heterocycles. The first-order chi connectivity index (χ1) is 22.8. The third-order valence-corrected chi connectivity index (χ3v) is 7.37. The lowest BCUT2D eigenvalue weighted by Crippen LogP contribution is -2.59. The summed E-state index contributed by atoms with van der Waals surface area (Å²) < 4.78 is 5.23. The van der Waals surface area contributed by atoms with Gasteiger partial charge in [-0.15, -0.1) is 0 Å². The molecule has 12 nitrogen and oxygen atoms in total. The van der Waals surface area contributed by atoms with Crippen LogP contribution in [0.5, 0.6) is 0 Å². The molecule has 1 saturated heterocycles. The normalized spacial score (nSPS) is 17.4. The number of Topliss-reactive ketones (excluding diaryl/α,β-unsaturated/α-hetero) is 1. The number of rotatable bonds is 13. The molecular formula is C37H69N5O7. The van der Waals surface area contributed by atoms with E-state index >= 15 is 0 Å². The number of carbonyl (C=O) groups excluding carboxylic acids is 6. The number of likely N-dealkylation sites (N-methyl/N-ethyl adjacent to an activating group) is 1. The van der Waals surface area contributed by atoms with E-state index in [0.717, 1.165) is 50.4 Å². The number of esters is 1. The van der Waals surface area contributed by atoms with Crippen molar-refractivity contribution in [3.8, 4) is 0 Å². The van der Waals surface area contributed by atoms with Gasteiger partial charge in [0.05, 0.1) is 6.04 Å². The summed E-state index contributed by atoms with van der Waals surface area (Å²) in [5.74, 6) is -1.32. The van der Waals surface area contributed by atoms with Crippen molar-refractivity contribution in [3.63, 3.8) is 0 Å². The Balaban J connectivity index is 0.00000258. The monoisotopic (exact) mass is 696 g/mol. The molecule has 4 N–H and O–H groups in total. The SMILES string of the molecule is CC(C)C.CC(C)C.CCCCC(NC(=O)C1CCCN1C(=O)C(NC(=O)NCC(=O)OC(C)(C)C)C1CCCCC1)C(=O)C(=O)NCC. The second-order valence-corrected chi connectivity index (χ2v) is 15.4. The van der Waals surface area contributed by atoms with Crippen LogP contribution in [0.4, 0.5) is 4.79 Å². The maximum absolute atomic E-state index is 13.9. The van der Waals surface area contributed by atoms with E-state index in [1.165, 1.54) is 4.90 Å². The molecule has 1 aliphatic heterocycles. The highest BCUT2D eigenvalue weighted by molar-refractivity contribution is 6.38. The molecule has 0 spiro atoms. The second-order valence-electron chi connectivity index (χ2n) is 15.4. The topological polar surface area (TPSA) is 163 Å². The largest absolute Gasteiger partial charge is 0.459 e. The molecule has 0 bridgehead atoms. The first kappa shape index (κ1) is 45.8. The van der Waals surface area contributed by atoms with E-state index in [1.807, 2.05) is 6.92 Å². The Labute approximate surface area is 296 Å². The molecule has 2 rings (SSSR count). The van der Waals surface area contributed by atoms with Gasteiger partial charge in [-0.3, -0.25) is 24.0 Å². The number of amides is 5. The third-order valence-electron chi connectivity index (χ3n) is 7.37. The van der Waals surface area contributed by atoms with Crippen molar-refractivity contribution in [3.05, 3.63) is 0 Å². The molecule has 3 atom stereocenters. The van der Waals surface area contributed by atoms with Crippen molar-refractivity contribution >= 4 is 35.5 Å². The number of urea groups is 1. The number of ketones is 1. The number of carbonyl (C=O) groups is 6. The Kier molecular flexibility index (Phi) is 22.5. The number of unbranched alkanes of at least 4 members (excludes halogenated alkanes) is 1. The predicted molar refractivity (Wildman–Crippen MR) is 194 cm³/mol. The van der Waals surface area contributed by atoms with Crippen molar-refractivity contribution in [1.29, 1.82) is 0 Å². The molecule has 0 aromatic heterocycles. The number of nitrogens with zero attached hydrogens (tertiary/aromatic N) is 1. The number of hydrogen-bond donors (Lipinski definition) is 4. The Hall–Kier alpha value is -3.18. The van der Waals surface area contributed by atoms with Gasteiger partial charge in [0.15, 0.2) is 0 Å². The first-order valence-electron chi connectivity index (χ1n) is 18.5. The summed E-state index contributed by atoms with van der Waals surface area (Å²) in [6, 6.07) is -3.31. The standard InChI is InChI=1S/C29H49N5O7.2C4H10/c1-6-8-15-20(24(36)26(38)30-7-2)32-25(37)21-16-12-17-34(21)27(39)23(19-13-10-9-11-14-19)33-28(40)31-18-22(35)41-29(3,4)5;2*1-4(2)3/h19-21,23H,6-18H2,1-5H3,(H,30,38)(H,32,37)(H2,31,33,40);2*4H,1-3H3. The lowest BCUT2D eigenvalue weighted by Gasteiger charge is -2.35. The van der Waals surface area contributed by atoms with Gasteiger partial charge in [-0.05, 0) is 77.6 Å². The molecule has 1 aliphatic carbocycles. The maximum Gasteiger partial charge on any atom is 0.325 e. The van der Waals surface area contributed by atoms with Crippen LogP contribution >= 0.6 is 0 Å². The molecular weight excluding hydrogens is 626 g/mol. The highest BCUT2D eigenvalue weighted by Crippen LogP contribution is 2.29. The number of hydrogen-bond acceptors (Lipinski definition) is 7. The molecule has 3 unspecified atom stereocenters. The minimum atomic E-state index is -0.975. The van der Waals surface area contributed by atoms with E-state index < -0.39 is 53.3 Å². The summed E-state index contributed by atoms with van der Waals surface area (Å²) in [5, 5.41) is 10.5. The third kappa shape index (κ3) is 20.2. The van der Waals surface area contributed by atoms with Gasteiger partial charge in [0, 0.05) is 13.1 Å². The maximum atomic E-state index is 13.9. The number of ether oxygens (including phenoxy) is 1. The van der Waals surface area contributed by atoms with Crippen LogP contribution in [-0.2, 0) is 28.7 Å². The fraction of sp³-hybridized carbons (Fsp3) is 0.838. The Morgan fingerprint density at radius 3 is 1.88 bits per heavy atom. The lowest BCUT2D eigenvalue weighted by molar-refractivity contribution is -0.153. The van der Waals surface area contributed by atoms with Gasteiger partial charge in [-0.1, -0.05) is 80.6 Å². The molecule has 1 saturated carbocycles. The fourth-order valence-corrected chi connectivity index (χ4v) is 5.40. The fourth-order valence-electron chi connectivity index (χ4n) is 5.40. The molecule has 0 aromatic rings. The number of likely N-dealkylation sites (tertiary alicyclic amines) is 1. The van der Waals surface area contributed by atoms with Gasteiger partial charge in [-0.25, -0.2) is 4.79 Å². The lowest BCUT2D eigenvalue weighted by atomic mass is 9.83. The summed E-state index contributed by atoms with van der Waals surface area (Å²) >= 11 is 0. The summed E-state index contributed by atoms with van der Waals surface area (Å²) in [6.45, 7) is 22.1. The summed E-state index contributed by atoms with van der Waals surface area (Å²) in [5.41, 5.74) is -0.693. The van der Waals surface area contributed by atoms with Gasteiger partial charge in [0.25, 0.3) is 5.91 Å². The zero-order valence-corrected chi connectivity index (χ0v) is 32.5. The Morgan fingerprint density at radius 1 is 0.796 bits per heavy atom. The zero-order valence-electron chi connectivity index (χ0n) is 32.5. The van der Waals surface area contributed by atoms with Crippen LogP contribution in [0, 0.1) is 17.8 Å². The van der Waals surface area contributed by atoms with Gasteiger partial charge < -0.3 is 30.9 Å². The van der Waals surface area contributed by atoms with Crippen molar-refractivity contribution in [1.82, 2.24) is 26.2 Å². The first-order valence-corrected chi connectivity index (χ1v) is 18.5. The average molecular weight is 696 g/mol. The number of nitrogens with one attached hydrogen (secondary N) is 4. The molecule has 12 heteroatoms. The molecule has 0 aromatic carbocycles. The van der Waals surface area contributed by atoms with E-state index in [4.69, 9.17) is 4.74 Å². The zero-order chi connectivity index (χ0) is 37.7. The Morgan fingerprint density at radius 2 is 1.37 bits per heavy atom. The molecule has 2 aliphatic rings. The van der Waals surface area contributed by atoms with Gasteiger partial charge in [0.1, 0.15) is 24.2 Å². The van der Waals surface area contributed by atoms with Crippen LogP contribution < -0.4 is 21.3 Å². The summed E-state index contributed by atoms with van der Waals surface area (Å²) in [4.78, 5) is 78.5. The molecule has 5 amide bonds. The summed E-state index contributed by atoms with van der Waals surface area (Å²) in [6.07, 6.45) is 7.19. The van der Waals surface area contributed by atoms with Crippen LogP contribution in [0.15, 0.2) is 0 Å². The minimum absolute atomic E-state index is 0.107. The highest BCUT2D eigenvalue weighted by atomic mass is 16.6. The Bertz CT molecular complexity index is 1020. The molecule has 2 fully saturated rings. The van der Waals surface area contributed by atoms with Crippen molar-refractivity contribution in [2.75, 3.05) is 19.6 Å². The van der Waals surface area contributed by atoms with Crippen molar-refractivity contribution < 1.29 is 33.5 Å². The van der Waals surface area contributed by atoms with E-state index in [-0.39, 0.29) is 18.4 Å². The quantitative estimate of drug-likeness (QED) is 0.151.